The minimum atomic E-state index is 0.194. The van der Waals surface area contributed by atoms with E-state index >= 15 is 0 Å². The molecule has 1 atom stereocenters. The standard InChI is InChI=1S/C16H20N4O/c1-2-5-12-15(17)18-10-19-16(12)20-13-8-9-21-14-7-4-3-6-11(13)14/h3-4,6-7,10,13H,2,5,8-9H2,1H3,(H3,17,18,19,20). The molecule has 1 unspecified atom stereocenters. The molecule has 0 saturated heterocycles. The molecule has 0 aliphatic carbocycles. The van der Waals surface area contributed by atoms with Gasteiger partial charge in [0.15, 0.2) is 0 Å². The molecular formula is C16H20N4O. The summed E-state index contributed by atoms with van der Waals surface area (Å²) in [5.41, 5.74) is 8.16. The number of nitrogens with two attached hydrogens (primary N) is 1. The molecule has 2 aromatic rings. The van der Waals surface area contributed by atoms with E-state index in [4.69, 9.17) is 10.5 Å². The summed E-state index contributed by atoms with van der Waals surface area (Å²) in [5.74, 6) is 2.35. The van der Waals surface area contributed by atoms with Gasteiger partial charge in [-0.2, -0.15) is 0 Å². The molecule has 0 amide bonds. The molecule has 1 aliphatic heterocycles. The Labute approximate surface area is 124 Å². The molecule has 1 aromatic heterocycles. The summed E-state index contributed by atoms with van der Waals surface area (Å²) in [4.78, 5) is 8.48. The second-order valence-corrected chi connectivity index (χ2v) is 5.21. The third kappa shape index (κ3) is 2.77. The predicted octanol–water partition coefficient (Wildman–Crippen LogP) is 2.95. The molecular weight excluding hydrogens is 264 g/mol. The summed E-state index contributed by atoms with van der Waals surface area (Å²) < 4.78 is 5.70. The van der Waals surface area contributed by atoms with Crippen LogP contribution in [0.2, 0.25) is 0 Å². The Morgan fingerprint density at radius 1 is 1.33 bits per heavy atom. The van der Waals surface area contributed by atoms with E-state index in [2.05, 4.69) is 28.3 Å². The van der Waals surface area contributed by atoms with Gasteiger partial charge >= 0.3 is 0 Å². The van der Waals surface area contributed by atoms with E-state index in [-0.39, 0.29) is 6.04 Å². The van der Waals surface area contributed by atoms with Crippen LogP contribution in [0.5, 0.6) is 5.75 Å². The van der Waals surface area contributed by atoms with E-state index < -0.39 is 0 Å². The van der Waals surface area contributed by atoms with Crippen molar-refractivity contribution < 1.29 is 4.74 Å². The number of ether oxygens (including phenoxy) is 1. The zero-order valence-corrected chi connectivity index (χ0v) is 12.2. The largest absolute Gasteiger partial charge is 0.493 e. The van der Waals surface area contributed by atoms with E-state index in [1.165, 1.54) is 11.9 Å². The van der Waals surface area contributed by atoms with E-state index in [0.29, 0.717) is 12.4 Å². The molecule has 3 rings (SSSR count). The Hall–Kier alpha value is -2.30. The minimum absolute atomic E-state index is 0.194. The lowest BCUT2D eigenvalue weighted by Crippen LogP contribution is -2.21. The lowest BCUT2D eigenvalue weighted by atomic mass is 10.00. The monoisotopic (exact) mass is 284 g/mol. The van der Waals surface area contributed by atoms with Crippen molar-refractivity contribution in [1.29, 1.82) is 0 Å². The average molecular weight is 284 g/mol. The van der Waals surface area contributed by atoms with Gasteiger partial charge in [0.05, 0.1) is 12.6 Å². The smallest absolute Gasteiger partial charge is 0.135 e. The number of hydrogen-bond acceptors (Lipinski definition) is 5. The van der Waals surface area contributed by atoms with Crippen LogP contribution in [0, 0.1) is 0 Å². The first-order chi connectivity index (χ1) is 10.3. The number of nitrogens with zero attached hydrogens (tertiary/aromatic N) is 2. The number of benzene rings is 1. The van der Waals surface area contributed by atoms with Crippen LogP contribution in [0.15, 0.2) is 30.6 Å². The molecule has 5 nitrogen and oxygen atoms in total. The van der Waals surface area contributed by atoms with Gasteiger partial charge in [-0.3, -0.25) is 0 Å². The van der Waals surface area contributed by atoms with Gasteiger partial charge < -0.3 is 15.8 Å². The van der Waals surface area contributed by atoms with E-state index in [0.717, 1.165) is 36.4 Å². The number of anilines is 2. The third-order valence-electron chi connectivity index (χ3n) is 3.75. The number of fused-ring (bicyclic) bond motifs is 1. The molecule has 0 fully saturated rings. The fraction of sp³-hybridized carbons (Fsp3) is 0.375. The number of hydrogen-bond donors (Lipinski definition) is 2. The summed E-state index contributed by atoms with van der Waals surface area (Å²) in [7, 11) is 0. The van der Waals surface area contributed by atoms with Crippen molar-refractivity contribution in [1.82, 2.24) is 9.97 Å². The van der Waals surface area contributed by atoms with Gasteiger partial charge in [-0.05, 0) is 12.5 Å². The van der Waals surface area contributed by atoms with Crippen molar-refractivity contribution in [2.45, 2.75) is 32.2 Å². The van der Waals surface area contributed by atoms with Gasteiger partial charge in [-0.25, -0.2) is 9.97 Å². The van der Waals surface area contributed by atoms with Gasteiger partial charge in [-0.15, -0.1) is 0 Å². The van der Waals surface area contributed by atoms with Crippen LogP contribution in [-0.2, 0) is 6.42 Å². The van der Waals surface area contributed by atoms with Crippen molar-refractivity contribution in [3.8, 4) is 5.75 Å². The zero-order chi connectivity index (χ0) is 14.7. The number of para-hydroxylation sites is 1. The highest BCUT2D eigenvalue weighted by molar-refractivity contribution is 5.56. The van der Waals surface area contributed by atoms with Gasteiger partial charge in [-0.1, -0.05) is 31.5 Å². The van der Waals surface area contributed by atoms with Crippen LogP contribution < -0.4 is 15.8 Å². The molecule has 0 bridgehead atoms. The van der Waals surface area contributed by atoms with Gasteiger partial charge in [0.1, 0.15) is 23.7 Å². The summed E-state index contributed by atoms with van der Waals surface area (Å²) in [6, 6.07) is 8.32. The molecule has 0 saturated carbocycles. The fourth-order valence-electron chi connectivity index (χ4n) is 2.70. The highest BCUT2D eigenvalue weighted by Crippen LogP contribution is 2.34. The summed E-state index contributed by atoms with van der Waals surface area (Å²) in [5, 5.41) is 3.52. The number of nitrogen functional groups attached to an aromatic ring is 1. The van der Waals surface area contributed by atoms with Crippen LogP contribution in [0.1, 0.15) is 36.9 Å². The number of rotatable bonds is 4. The Kier molecular flexibility index (Phi) is 3.90. The molecule has 21 heavy (non-hydrogen) atoms. The SMILES string of the molecule is CCCc1c(N)ncnc1NC1CCOc2ccccc21. The highest BCUT2D eigenvalue weighted by atomic mass is 16.5. The second-order valence-electron chi connectivity index (χ2n) is 5.21. The maximum atomic E-state index is 5.99. The van der Waals surface area contributed by atoms with Crippen molar-refractivity contribution >= 4 is 11.6 Å². The van der Waals surface area contributed by atoms with Crippen LogP contribution in [0.4, 0.5) is 11.6 Å². The second kappa shape index (κ2) is 5.99. The maximum Gasteiger partial charge on any atom is 0.135 e. The first-order valence-corrected chi connectivity index (χ1v) is 7.37. The van der Waals surface area contributed by atoms with Crippen molar-refractivity contribution in [2.75, 3.05) is 17.7 Å². The molecule has 5 heteroatoms. The van der Waals surface area contributed by atoms with E-state index in [1.807, 2.05) is 18.2 Å². The Bertz CT molecular complexity index is 629. The average Bonchev–Trinajstić information content (AvgIpc) is 2.51. The van der Waals surface area contributed by atoms with Gasteiger partial charge in [0.2, 0.25) is 0 Å². The first kappa shape index (κ1) is 13.7. The Morgan fingerprint density at radius 3 is 3.05 bits per heavy atom. The van der Waals surface area contributed by atoms with Crippen molar-refractivity contribution in [2.24, 2.45) is 0 Å². The summed E-state index contributed by atoms with van der Waals surface area (Å²) in [6.07, 6.45) is 4.31. The van der Waals surface area contributed by atoms with E-state index in [1.54, 1.807) is 0 Å². The predicted molar refractivity (Wildman–Crippen MR) is 83.4 cm³/mol. The third-order valence-corrected chi connectivity index (χ3v) is 3.75. The zero-order valence-electron chi connectivity index (χ0n) is 12.2. The maximum absolute atomic E-state index is 5.99. The van der Waals surface area contributed by atoms with E-state index in [9.17, 15) is 0 Å². The minimum Gasteiger partial charge on any atom is -0.493 e. The lowest BCUT2D eigenvalue weighted by molar-refractivity contribution is 0.274. The quantitative estimate of drug-likeness (QED) is 0.903. The van der Waals surface area contributed by atoms with Gasteiger partial charge in [0, 0.05) is 17.5 Å². The molecule has 110 valence electrons. The highest BCUT2D eigenvalue weighted by Gasteiger charge is 2.22. The van der Waals surface area contributed by atoms with Crippen LogP contribution in [0.25, 0.3) is 0 Å². The number of aromatic nitrogens is 2. The summed E-state index contributed by atoms with van der Waals surface area (Å²) >= 11 is 0. The molecule has 2 heterocycles. The van der Waals surface area contributed by atoms with Crippen LogP contribution in [0.3, 0.4) is 0 Å². The van der Waals surface area contributed by atoms with Crippen LogP contribution >= 0.6 is 0 Å². The van der Waals surface area contributed by atoms with Crippen molar-refractivity contribution in [3.63, 3.8) is 0 Å². The Balaban J connectivity index is 1.90. The van der Waals surface area contributed by atoms with Crippen molar-refractivity contribution in [3.05, 3.63) is 41.7 Å². The lowest BCUT2D eigenvalue weighted by Gasteiger charge is -2.27. The summed E-state index contributed by atoms with van der Waals surface area (Å²) in [6.45, 7) is 2.83. The molecule has 0 spiro atoms. The topological polar surface area (TPSA) is 73.1 Å². The molecule has 1 aliphatic rings. The molecule has 1 aromatic carbocycles. The van der Waals surface area contributed by atoms with Gasteiger partial charge in [0.25, 0.3) is 0 Å². The first-order valence-electron chi connectivity index (χ1n) is 7.37. The Morgan fingerprint density at radius 2 is 2.19 bits per heavy atom. The van der Waals surface area contributed by atoms with Crippen LogP contribution in [-0.4, -0.2) is 16.6 Å². The number of nitrogens with one attached hydrogen (secondary N) is 1. The molecule has 0 radical (unpaired) electrons. The normalized spacial score (nSPS) is 16.9. The molecule has 3 N–H and O–H groups in total. The fourth-order valence-corrected chi connectivity index (χ4v) is 2.70.